The van der Waals surface area contributed by atoms with Gasteiger partial charge in [0.15, 0.2) is 5.82 Å². The summed E-state index contributed by atoms with van der Waals surface area (Å²) in [5.74, 6) is 0.657. The van der Waals surface area contributed by atoms with Crippen LogP contribution in [0.3, 0.4) is 0 Å². The lowest BCUT2D eigenvalue weighted by Gasteiger charge is -1.98. The van der Waals surface area contributed by atoms with E-state index in [1.165, 1.54) is 0 Å². The van der Waals surface area contributed by atoms with Crippen LogP contribution >= 0.6 is 0 Å². The highest BCUT2D eigenvalue weighted by atomic mass is 15.1. The molecule has 2 rings (SSSR count). The maximum absolute atomic E-state index is 8.24. The van der Waals surface area contributed by atoms with Crippen molar-refractivity contribution in [2.75, 3.05) is 0 Å². The van der Waals surface area contributed by atoms with Crippen LogP contribution in [0, 0.1) is 0 Å². The summed E-state index contributed by atoms with van der Waals surface area (Å²) < 4.78 is 0. The molecule has 0 bridgehead atoms. The van der Waals surface area contributed by atoms with Crippen molar-refractivity contribution in [1.82, 2.24) is 9.97 Å². The van der Waals surface area contributed by atoms with Crippen molar-refractivity contribution in [3.63, 3.8) is 0 Å². The van der Waals surface area contributed by atoms with Gasteiger partial charge in [0.25, 0.3) is 0 Å². The monoisotopic (exact) mass is 197 g/mol. The molecule has 1 aromatic heterocycles. The molecule has 0 aliphatic carbocycles. The van der Waals surface area contributed by atoms with Gasteiger partial charge in [-0.2, -0.15) is 0 Å². The summed E-state index contributed by atoms with van der Waals surface area (Å²) in [6, 6.07) is 8.85. The number of rotatable bonds is 2. The van der Waals surface area contributed by atoms with Gasteiger partial charge in [-0.1, -0.05) is 29.4 Å². The molecule has 0 radical (unpaired) electrons. The highest BCUT2D eigenvalue weighted by molar-refractivity contribution is 5.57. The number of benzene rings is 1. The minimum absolute atomic E-state index is 0.581. The minimum Gasteiger partial charge on any atom is -0.237 e. The van der Waals surface area contributed by atoms with Crippen LogP contribution in [-0.4, -0.2) is 9.97 Å². The maximum atomic E-state index is 8.24. The van der Waals surface area contributed by atoms with Crippen molar-refractivity contribution in [2.45, 2.75) is 0 Å². The van der Waals surface area contributed by atoms with Gasteiger partial charge in [0, 0.05) is 28.6 Å². The predicted octanol–water partition coefficient (Wildman–Crippen LogP) is 3.09. The Hall–Kier alpha value is -2.39. The zero-order valence-electron chi connectivity index (χ0n) is 7.78. The SMILES string of the molecule is [N-]=[N+]=Nc1ccc(-c2ncccn2)cc1. The second kappa shape index (κ2) is 4.21. The molecule has 0 amide bonds. The molecule has 0 fully saturated rings. The number of hydrogen-bond donors (Lipinski definition) is 0. The molecule has 72 valence electrons. The summed E-state index contributed by atoms with van der Waals surface area (Å²) in [5, 5.41) is 3.48. The van der Waals surface area contributed by atoms with E-state index < -0.39 is 0 Å². The molecule has 0 atom stereocenters. The first-order valence-electron chi connectivity index (χ1n) is 4.33. The zero-order chi connectivity index (χ0) is 10.5. The van der Waals surface area contributed by atoms with Gasteiger partial charge < -0.3 is 0 Å². The Morgan fingerprint density at radius 2 is 1.73 bits per heavy atom. The molecular weight excluding hydrogens is 190 g/mol. The first kappa shape index (κ1) is 9.18. The van der Waals surface area contributed by atoms with Crippen LogP contribution in [-0.2, 0) is 0 Å². The van der Waals surface area contributed by atoms with Crippen molar-refractivity contribution < 1.29 is 0 Å². The van der Waals surface area contributed by atoms with E-state index in [-0.39, 0.29) is 0 Å². The van der Waals surface area contributed by atoms with E-state index in [0.717, 1.165) is 5.56 Å². The highest BCUT2D eigenvalue weighted by Gasteiger charge is 1.98. The molecule has 0 spiro atoms. The standard InChI is InChI=1S/C10H7N5/c11-15-14-9-4-2-8(3-5-9)10-12-6-1-7-13-10/h1-7H. The normalized spacial score (nSPS) is 9.33. The van der Waals surface area contributed by atoms with E-state index in [1.807, 2.05) is 12.1 Å². The Kier molecular flexibility index (Phi) is 2.58. The molecule has 0 saturated carbocycles. The third kappa shape index (κ3) is 2.10. The van der Waals surface area contributed by atoms with Crippen molar-refractivity contribution in [1.29, 1.82) is 0 Å². The summed E-state index contributed by atoms with van der Waals surface area (Å²) in [6.45, 7) is 0. The quantitative estimate of drug-likeness (QED) is 0.421. The van der Waals surface area contributed by atoms with Crippen LogP contribution in [0.5, 0.6) is 0 Å². The number of hydrogen-bond acceptors (Lipinski definition) is 3. The van der Waals surface area contributed by atoms with E-state index in [2.05, 4.69) is 20.0 Å². The molecular formula is C10H7N5. The topological polar surface area (TPSA) is 74.5 Å². The molecule has 0 aliphatic heterocycles. The third-order valence-corrected chi connectivity index (χ3v) is 1.85. The number of azide groups is 1. The average Bonchev–Trinajstić information content (AvgIpc) is 2.32. The smallest absolute Gasteiger partial charge is 0.159 e. The van der Waals surface area contributed by atoms with Crippen molar-refractivity contribution in [2.24, 2.45) is 5.11 Å². The van der Waals surface area contributed by atoms with Crippen molar-refractivity contribution in [3.8, 4) is 11.4 Å². The van der Waals surface area contributed by atoms with Crippen LogP contribution in [0.2, 0.25) is 0 Å². The largest absolute Gasteiger partial charge is 0.237 e. The van der Waals surface area contributed by atoms with Gasteiger partial charge in [0.05, 0.1) is 0 Å². The molecule has 0 N–H and O–H groups in total. The molecule has 5 heteroatoms. The zero-order valence-corrected chi connectivity index (χ0v) is 7.78. The number of aromatic nitrogens is 2. The molecule has 0 saturated heterocycles. The summed E-state index contributed by atoms with van der Waals surface area (Å²) in [6.07, 6.45) is 3.37. The molecule has 0 aliphatic rings. The number of nitrogens with zero attached hydrogens (tertiary/aromatic N) is 5. The fourth-order valence-electron chi connectivity index (χ4n) is 1.18. The Morgan fingerprint density at radius 1 is 1.07 bits per heavy atom. The predicted molar refractivity (Wildman–Crippen MR) is 56.3 cm³/mol. The minimum atomic E-state index is 0.581. The average molecular weight is 197 g/mol. The maximum Gasteiger partial charge on any atom is 0.159 e. The van der Waals surface area contributed by atoms with Gasteiger partial charge in [-0.3, -0.25) is 0 Å². The summed E-state index contributed by atoms with van der Waals surface area (Å²) in [5.41, 5.74) is 9.72. The van der Waals surface area contributed by atoms with Gasteiger partial charge in [0.2, 0.25) is 0 Å². The van der Waals surface area contributed by atoms with Crippen LogP contribution in [0.4, 0.5) is 5.69 Å². The fourth-order valence-corrected chi connectivity index (χ4v) is 1.18. The van der Waals surface area contributed by atoms with Crippen LogP contribution in [0.1, 0.15) is 0 Å². The Balaban J connectivity index is 2.36. The third-order valence-electron chi connectivity index (χ3n) is 1.85. The van der Waals surface area contributed by atoms with E-state index in [9.17, 15) is 0 Å². The van der Waals surface area contributed by atoms with Crippen LogP contribution < -0.4 is 0 Å². The van der Waals surface area contributed by atoms with Crippen LogP contribution in [0.25, 0.3) is 21.8 Å². The molecule has 15 heavy (non-hydrogen) atoms. The van der Waals surface area contributed by atoms with Gasteiger partial charge >= 0.3 is 0 Å². The molecule has 1 heterocycles. The molecule has 2 aromatic rings. The lowest BCUT2D eigenvalue weighted by Crippen LogP contribution is -1.85. The fraction of sp³-hybridized carbons (Fsp3) is 0. The lowest BCUT2D eigenvalue weighted by atomic mass is 10.2. The van der Waals surface area contributed by atoms with E-state index in [0.29, 0.717) is 11.5 Å². The Bertz CT molecular complexity index is 485. The summed E-state index contributed by atoms with van der Waals surface area (Å²) >= 11 is 0. The van der Waals surface area contributed by atoms with E-state index in [4.69, 9.17) is 5.53 Å². The molecule has 5 nitrogen and oxygen atoms in total. The van der Waals surface area contributed by atoms with Crippen molar-refractivity contribution in [3.05, 3.63) is 53.2 Å². The first-order chi connectivity index (χ1) is 7.40. The van der Waals surface area contributed by atoms with Gasteiger partial charge in [-0.15, -0.1) is 0 Å². The summed E-state index contributed by atoms with van der Waals surface area (Å²) in [7, 11) is 0. The van der Waals surface area contributed by atoms with Gasteiger partial charge in [0.1, 0.15) is 0 Å². The Morgan fingerprint density at radius 3 is 2.33 bits per heavy atom. The molecule has 0 unspecified atom stereocenters. The first-order valence-corrected chi connectivity index (χ1v) is 4.33. The van der Waals surface area contributed by atoms with E-state index >= 15 is 0 Å². The summed E-state index contributed by atoms with van der Waals surface area (Å²) in [4.78, 5) is 10.9. The lowest BCUT2D eigenvalue weighted by molar-refractivity contribution is 1.18. The highest BCUT2D eigenvalue weighted by Crippen LogP contribution is 2.18. The van der Waals surface area contributed by atoms with Crippen molar-refractivity contribution >= 4 is 5.69 Å². The van der Waals surface area contributed by atoms with Gasteiger partial charge in [-0.05, 0) is 11.6 Å². The Labute approximate surface area is 86.1 Å². The van der Waals surface area contributed by atoms with Crippen LogP contribution in [0.15, 0.2) is 47.8 Å². The second-order valence-electron chi connectivity index (χ2n) is 2.81. The van der Waals surface area contributed by atoms with Gasteiger partial charge in [-0.25, -0.2) is 9.97 Å². The second-order valence-corrected chi connectivity index (χ2v) is 2.81. The molecule has 1 aromatic carbocycles. The van der Waals surface area contributed by atoms with E-state index in [1.54, 1.807) is 30.6 Å².